The molecule has 0 fully saturated rings. The van der Waals surface area contributed by atoms with Crippen LogP contribution in [0.4, 0.5) is 5.82 Å². The molecule has 0 aromatic carbocycles. The Labute approximate surface area is 79.6 Å². The van der Waals surface area contributed by atoms with Gasteiger partial charge in [-0.25, -0.2) is 0 Å². The largest absolute Gasteiger partial charge is 0.369 e. The van der Waals surface area contributed by atoms with E-state index in [0.717, 1.165) is 18.8 Å². The SMILES string of the molecule is CCCNc1cc(C)n(C)n1.Cl. The molecule has 0 bridgehead atoms. The summed E-state index contributed by atoms with van der Waals surface area (Å²) < 4.78 is 1.87. The van der Waals surface area contributed by atoms with Gasteiger partial charge >= 0.3 is 0 Å². The minimum atomic E-state index is 0. The van der Waals surface area contributed by atoms with Gasteiger partial charge in [0.1, 0.15) is 5.82 Å². The lowest BCUT2D eigenvalue weighted by Crippen LogP contribution is -2.00. The van der Waals surface area contributed by atoms with E-state index in [2.05, 4.69) is 23.4 Å². The van der Waals surface area contributed by atoms with Crippen LogP contribution in [0.5, 0.6) is 0 Å². The maximum absolute atomic E-state index is 4.25. The van der Waals surface area contributed by atoms with Crippen molar-refractivity contribution in [2.24, 2.45) is 7.05 Å². The molecule has 0 aliphatic carbocycles. The van der Waals surface area contributed by atoms with Crippen LogP contribution in [-0.2, 0) is 7.05 Å². The number of anilines is 1. The summed E-state index contributed by atoms with van der Waals surface area (Å²) in [6.07, 6.45) is 1.13. The second kappa shape index (κ2) is 5.04. The molecule has 1 aromatic heterocycles. The van der Waals surface area contributed by atoms with Crippen molar-refractivity contribution in [1.29, 1.82) is 0 Å². The molecule has 0 unspecified atom stereocenters. The molecule has 4 heteroatoms. The third-order valence-electron chi connectivity index (χ3n) is 1.67. The second-order valence-electron chi connectivity index (χ2n) is 2.72. The third kappa shape index (κ3) is 2.74. The van der Waals surface area contributed by atoms with Crippen molar-refractivity contribution in [3.8, 4) is 0 Å². The Morgan fingerprint density at radius 3 is 2.67 bits per heavy atom. The molecule has 0 aliphatic heterocycles. The van der Waals surface area contributed by atoms with Gasteiger partial charge < -0.3 is 5.32 Å². The number of aryl methyl sites for hydroxylation is 2. The summed E-state index contributed by atoms with van der Waals surface area (Å²) in [6.45, 7) is 5.18. The smallest absolute Gasteiger partial charge is 0.148 e. The molecule has 1 N–H and O–H groups in total. The highest BCUT2D eigenvalue weighted by Gasteiger charge is 1.97. The Morgan fingerprint density at radius 2 is 2.25 bits per heavy atom. The highest BCUT2D eigenvalue weighted by atomic mass is 35.5. The normalized spacial score (nSPS) is 9.25. The van der Waals surface area contributed by atoms with Crippen LogP contribution < -0.4 is 5.32 Å². The van der Waals surface area contributed by atoms with E-state index in [9.17, 15) is 0 Å². The fourth-order valence-corrected chi connectivity index (χ4v) is 0.900. The van der Waals surface area contributed by atoms with Crippen molar-refractivity contribution in [3.05, 3.63) is 11.8 Å². The summed E-state index contributed by atoms with van der Waals surface area (Å²) in [5, 5.41) is 7.48. The van der Waals surface area contributed by atoms with Crippen LogP contribution in [0, 0.1) is 6.92 Å². The first kappa shape index (κ1) is 11.3. The van der Waals surface area contributed by atoms with Gasteiger partial charge in [0.25, 0.3) is 0 Å². The highest BCUT2D eigenvalue weighted by Crippen LogP contribution is 2.05. The standard InChI is InChI=1S/C8H15N3.ClH/c1-4-5-9-8-6-7(2)11(3)10-8;/h6H,4-5H2,1-3H3,(H,9,10);1H. The lowest BCUT2D eigenvalue weighted by atomic mass is 10.4. The molecule has 0 spiro atoms. The number of rotatable bonds is 3. The van der Waals surface area contributed by atoms with Gasteiger partial charge in [0.05, 0.1) is 0 Å². The van der Waals surface area contributed by atoms with Crippen LogP contribution in [0.15, 0.2) is 6.07 Å². The van der Waals surface area contributed by atoms with Gasteiger partial charge in [-0.05, 0) is 13.3 Å². The number of halogens is 1. The maximum atomic E-state index is 4.25. The topological polar surface area (TPSA) is 29.9 Å². The molecule has 12 heavy (non-hydrogen) atoms. The number of nitrogens with one attached hydrogen (secondary N) is 1. The molecule has 0 atom stereocenters. The molecular weight excluding hydrogens is 174 g/mol. The number of aromatic nitrogens is 2. The van der Waals surface area contributed by atoms with Crippen molar-refractivity contribution in [2.45, 2.75) is 20.3 Å². The van der Waals surface area contributed by atoms with E-state index in [1.165, 1.54) is 5.69 Å². The Bertz CT molecular complexity index is 213. The predicted octanol–water partition coefficient (Wildman–Crippen LogP) is 1.97. The molecular formula is C8H16ClN3. The van der Waals surface area contributed by atoms with Crippen molar-refractivity contribution >= 4 is 18.2 Å². The zero-order valence-corrected chi connectivity index (χ0v) is 8.61. The second-order valence-corrected chi connectivity index (χ2v) is 2.72. The first-order valence-electron chi connectivity index (χ1n) is 3.98. The van der Waals surface area contributed by atoms with E-state index in [0.29, 0.717) is 0 Å². The Hall–Kier alpha value is -0.700. The fraction of sp³-hybridized carbons (Fsp3) is 0.625. The van der Waals surface area contributed by atoms with Gasteiger partial charge in [0.15, 0.2) is 0 Å². The third-order valence-corrected chi connectivity index (χ3v) is 1.67. The van der Waals surface area contributed by atoms with Crippen molar-refractivity contribution in [2.75, 3.05) is 11.9 Å². The van der Waals surface area contributed by atoms with Crippen LogP contribution in [0.2, 0.25) is 0 Å². The summed E-state index contributed by atoms with van der Waals surface area (Å²) in [7, 11) is 1.95. The van der Waals surface area contributed by atoms with Crippen LogP contribution in [0.25, 0.3) is 0 Å². The van der Waals surface area contributed by atoms with E-state index >= 15 is 0 Å². The molecule has 0 radical (unpaired) electrons. The zero-order valence-electron chi connectivity index (χ0n) is 7.79. The summed E-state index contributed by atoms with van der Waals surface area (Å²) in [5.41, 5.74) is 1.18. The van der Waals surface area contributed by atoms with Gasteiger partial charge in [-0.3, -0.25) is 4.68 Å². The van der Waals surface area contributed by atoms with E-state index in [1.54, 1.807) is 0 Å². The highest BCUT2D eigenvalue weighted by molar-refractivity contribution is 5.85. The van der Waals surface area contributed by atoms with E-state index in [-0.39, 0.29) is 12.4 Å². The average molecular weight is 190 g/mol. The average Bonchev–Trinajstić information content (AvgIpc) is 2.28. The molecule has 1 rings (SSSR count). The summed E-state index contributed by atoms with van der Waals surface area (Å²) in [4.78, 5) is 0. The van der Waals surface area contributed by atoms with Gasteiger partial charge in [0.2, 0.25) is 0 Å². The lowest BCUT2D eigenvalue weighted by Gasteiger charge is -1.96. The number of hydrogen-bond donors (Lipinski definition) is 1. The predicted molar refractivity (Wildman–Crippen MR) is 54.0 cm³/mol. The molecule has 1 aromatic rings. The Balaban J connectivity index is 0.00000121. The van der Waals surface area contributed by atoms with E-state index in [1.807, 2.05) is 18.7 Å². The molecule has 1 heterocycles. The monoisotopic (exact) mass is 189 g/mol. The molecule has 3 nitrogen and oxygen atoms in total. The first-order valence-corrected chi connectivity index (χ1v) is 3.98. The van der Waals surface area contributed by atoms with Crippen LogP contribution in [0.3, 0.4) is 0 Å². The fourth-order valence-electron chi connectivity index (χ4n) is 0.900. The number of nitrogens with zero attached hydrogens (tertiary/aromatic N) is 2. The van der Waals surface area contributed by atoms with Crippen molar-refractivity contribution in [1.82, 2.24) is 9.78 Å². The molecule has 70 valence electrons. The van der Waals surface area contributed by atoms with Gasteiger partial charge in [0, 0.05) is 25.4 Å². The van der Waals surface area contributed by atoms with Crippen LogP contribution in [-0.4, -0.2) is 16.3 Å². The molecule has 0 saturated carbocycles. The number of hydrogen-bond acceptors (Lipinski definition) is 2. The van der Waals surface area contributed by atoms with E-state index in [4.69, 9.17) is 0 Å². The minimum Gasteiger partial charge on any atom is -0.369 e. The van der Waals surface area contributed by atoms with Gasteiger partial charge in [-0.15, -0.1) is 12.4 Å². The van der Waals surface area contributed by atoms with Crippen molar-refractivity contribution in [3.63, 3.8) is 0 Å². The quantitative estimate of drug-likeness (QED) is 0.788. The van der Waals surface area contributed by atoms with Crippen LogP contribution in [0.1, 0.15) is 19.0 Å². The summed E-state index contributed by atoms with van der Waals surface area (Å²) in [6, 6.07) is 2.05. The lowest BCUT2D eigenvalue weighted by molar-refractivity contribution is 0.740. The summed E-state index contributed by atoms with van der Waals surface area (Å²) >= 11 is 0. The zero-order chi connectivity index (χ0) is 8.27. The molecule has 0 amide bonds. The van der Waals surface area contributed by atoms with Crippen LogP contribution >= 0.6 is 12.4 Å². The first-order chi connectivity index (χ1) is 5.24. The Morgan fingerprint density at radius 1 is 1.58 bits per heavy atom. The van der Waals surface area contributed by atoms with Crippen molar-refractivity contribution < 1.29 is 0 Å². The van der Waals surface area contributed by atoms with Gasteiger partial charge in [-0.2, -0.15) is 5.10 Å². The minimum absolute atomic E-state index is 0. The van der Waals surface area contributed by atoms with Gasteiger partial charge in [-0.1, -0.05) is 6.92 Å². The summed E-state index contributed by atoms with van der Waals surface area (Å²) in [5.74, 6) is 0.979. The molecule has 0 aliphatic rings. The Kier molecular flexibility index (Phi) is 4.74. The molecule has 0 saturated heterocycles. The van der Waals surface area contributed by atoms with E-state index < -0.39 is 0 Å². The maximum Gasteiger partial charge on any atom is 0.148 e.